The number of aryl methyl sites for hydroxylation is 2. The first-order chi connectivity index (χ1) is 12.0. The Balaban J connectivity index is 1.60. The summed E-state index contributed by atoms with van der Waals surface area (Å²) >= 11 is 6.08. The fourth-order valence-electron chi connectivity index (χ4n) is 2.39. The zero-order valence-corrected chi connectivity index (χ0v) is 14.5. The van der Waals surface area contributed by atoms with Gasteiger partial charge in [0.05, 0.1) is 5.02 Å². The lowest BCUT2D eigenvalue weighted by Crippen LogP contribution is -2.20. The summed E-state index contributed by atoms with van der Waals surface area (Å²) in [4.78, 5) is 16.1. The number of halogens is 1. The molecule has 0 saturated heterocycles. The van der Waals surface area contributed by atoms with Crippen LogP contribution in [0.15, 0.2) is 47.0 Å². The normalized spacial score (nSPS) is 10.5. The highest BCUT2D eigenvalue weighted by molar-refractivity contribution is 6.33. The number of carbonyl (C=O) groups excluding carboxylic acids is 1. The maximum Gasteiger partial charge on any atom is 0.418 e. The highest BCUT2D eigenvalue weighted by Gasteiger charge is 2.13. The molecule has 2 aromatic carbocycles. The van der Waals surface area contributed by atoms with Gasteiger partial charge in [-0.1, -0.05) is 35.0 Å². The Bertz CT molecular complexity index is 888. The molecule has 25 heavy (non-hydrogen) atoms. The molecule has 1 heterocycles. The number of anilines is 1. The average molecular weight is 358 g/mol. The number of aromatic nitrogens is 2. The lowest BCUT2D eigenvalue weighted by atomic mass is 10.1. The minimum Gasteiger partial charge on any atom is -0.439 e. The van der Waals surface area contributed by atoms with E-state index in [1.807, 2.05) is 38.1 Å². The van der Waals surface area contributed by atoms with Gasteiger partial charge in [-0.25, -0.2) is 0 Å². The summed E-state index contributed by atoms with van der Waals surface area (Å²) in [6.07, 6.45) is -0.0921. The summed E-state index contributed by atoms with van der Waals surface area (Å²) in [7, 11) is 0. The molecule has 0 aliphatic carbocycles. The van der Waals surface area contributed by atoms with Crippen LogP contribution in [0.25, 0.3) is 11.4 Å². The first-order valence-electron chi connectivity index (χ1n) is 7.61. The predicted molar refractivity (Wildman–Crippen MR) is 94.8 cm³/mol. The van der Waals surface area contributed by atoms with Crippen LogP contribution in [0.3, 0.4) is 0 Å². The third kappa shape index (κ3) is 4.36. The molecule has 128 valence electrons. The van der Waals surface area contributed by atoms with Gasteiger partial charge in [-0.3, -0.25) is 9.32 Å². The molecular weight excluding hydrogens is 342 g/mol. The van der Waals surface area contributed by atoms with E-state index in [0.717, 1.165) is 11.1 Å². The fraction of sp³-hybridized carbons (Fsp3) is 0.167. The topological polar surface area (TPSA) is 77.2 Å². The lowest BCUT2D eigenvalue weighted by molar-refractivity contribution is -0.118. The predicted octanol–water partition coefficient (Wildman–Crippen LogP) is 4.02. The van der Waals surface area contributed by atoms with Gasteiger partial charge < -0.3 is 10.1 Å². The molecule has 0 atom stereocenters. The van der Waals surface area contributed by atoms with Crippen molar-refractivity contribution in [3.05, 3.63) is 58.6 Å². The number of hydrogen-bond acceptors (Lipinski definition) is 5. The van der Waals surface area contributed by atoms with Gasteiger partial charge in [0.25, 0.3) is 5.91 Å². The van der Waals surface area contributed by atoms with Gasteiger partial charge in [-0.15, -0.1) is 0 Å². The summed E-state index contributed by atoms with van der Waals surface area (Å²) < 4.78 is 10.2. The molecule has 0 fully saturated rings. The van der Waals surface area contributed by atoms with Gasteiger partial charge in [0.15, 0.2) is 6.61 Å². The Morgan fingerprint density at radius 3 is 2.64 bits per heavy atom. The summed E-state index contributed by atoms with van der Waals surface area (Å²) in [5.41, 5.74) is 3.48. The maximum absolute atomic E-state index is 12.0. The first kappa shape index (κ1) is 17.0. The number of nitrogens with one attached hydrogen (secondary N) is 1. The van der Waals surface area contributed by atoms with Crippen molar-refractivity contribution >= 4 is 23.2 Å². The molecule has 6 nitrogen and oxygen atoms in total. The van der Waals surface area contributed by atoms with E-state index in [4.69, 9.17) is 20.9 Å². The van der Waals surface area contributed by atoms with E-state index >= 15 is 0 Å². The second kappa shape index (κ2) is 7.36. The Kier molecular flexibility index (Phi) is 5.00. The summed E-state index contributed by atoms with van der Waals surface area (Å²) in [6, 6.07) is 12.9. The zero-order chi connectivity index (χ0) is 17.8. The monoisotopic (exact) mass is 357 g/mol. The molecule has 7 heteroatoms. The van der Waals surface area contributed by atoms with Crippen LogP contribution in [-0.2, 0) is 4.79 Å². The highest BCUT2D eigenvalue weighted by atomic mass is 35.5. The van der Waals surface area contributed by atoms with E-state index < -0.39 is 0 Å². The van der Waals surface area contributed by atoms with Gasteiger partial charge in [0.2, 0.25) is 5.82 Å². The Morgan fingerprint density at radius 1 is 1.20 bits per heavy atom. The number of ether oxygens (including phenoxy) is 1. The molecule has 3 rings (SSSR count). The number of rotatable bonds is 5. The van der Waals surface area contributed by atoms with Crippen molar-refractivity contribution in [1.82, 2.24) is 10.1 Å². The highest BCUT2D eigenvalue weighted by Crippen LogP contribution is 2.26. The SMILES string of the molecule is Cc1cc(C)cc(NC(=O)COc2nc(-c3ccccc3Cl)no2)c1. The maximum atomic E-state index is 12.0. The minimum absolute atomic E-state index is 0.0921. The van der Waals surface area contributed by atoms with E-state index in [1.54, 1.807) is 18.2 Å². The summed E-state index contributed by atoms with van der Waals surface area (Å²) in [5, 5.41) is 7.07. The van der Waals surface area contributed by atoms with Crippen molar-refractivity contribution in [2.24, 2.45) is 0 Å². The molecule has 0 aliphatic rings. The van der Waals surface area contributed by atoms with Gasteiger partial charge >= 0.3 is 6.08 Å². The Labute approximate surface area is 149 Å². The molecule has 0 saturated carbocycles. The smallest absolute Gasteiger partial charge is 0.418 e. The van der Waals surface area contributed by atoms with E-state index in [9.17, 15) is 4.79 Å². The van der Waals surface area contributed by atoms with E-state index in [2.05, 4.69) is 15.5 Å². The summed E-state index contributed by atoms with van der Waals surface area (Å²) in [6.45, 7) is 3.69. The standard InChI is InChI=1S/C18H16ClN3O3/c1-11-7-12(2)9-13(8-11)20-16(23)10-24-18-21-17(22-25-18)14-5-3-4-6-15(14)19/h3-9H,10H2,1-2H3,(H,20,23). The van der Waals surface area contributed by atoms with Crippen LogP contribution < -0.4 is 10.1 Å². The van der Waals surface area contributed by atoms with Crippen LogP contribution >= 0.6 is 11.6 Å². The molecular formula is C18H16ClN3O3. The van der Waals surface area contributed by atoms with Crippen LogP contribution in [0.1, 0.15) is 11.1 Å². The molecule has 0 radical (unpaired) electrons. The Hall–Kier alpha value is -2.86. The molecule has 1 amide bonds. The molecule has 1 aromatic heterocycles. The van der Waals surface area contributed by atoms with Crippen molar-refractivity contribution in [3.8, 4) is 17.5 Å². The van der Waals surface area contributed by atoms with Crippen molar-refractivity contribution in [2.75, 3.05) is 11.9 Å². The minimum atomic E-state index is -0.317. The number of benzene rings is 2. The van der Waals surface area contributed by atoms with Crippen LogP contribution in [0.2, 0.25) is 5.02 Å². The van der Waals surface area contributed by atoms with Crippen LogP contribution in [-0.4, -0.2) is 22.7 Å². The van der Waals surface area contributed by atoms with Crippen LogP contribution in [0, 0.1) is 13.8 Å². The number of nitrogens with zero attached hydrogens (tertiary/aromatic N) is 2. The summed E-state index contributed by atoms with van der Waals surface area (Å²) in [5.74, 6) is -0.0159. The molecule has 3 aromatic rings. The van der Waals surface area contributed by atoms with Gasteiger partial charge in [0.1, 0.15) is 0 Å². The van der Waals surface area contributed by atoms with Gasteiger partial charge in [0, 0.05) is 11.3 Å². The number of hydrogen-bond donors (Lipinski definition) is 1. The molecule has 0 aliphatic heterocycles. The molecule has 0 unspecified atom stereocenters. The number of carbonyl (C=O) groups is 1. The second-order valence-corrected chi connectivity index (χ2v) is 5.98. The van der Waals surface area contributed by atoms with E-state index in [1.165, 1.54) is 0 Å². The average Bonchev–Trinajstić information content (AvgIpc) is 3.01. The quantitative estimate of drug-likeness (QED) is 0.746. The van der Waals surface area contributed by atoms with Crippen molar-refractivity contribution in [3.63, 3.8) is 0 Å². The first-order valence-corrected chi connectivity index (χ1v) is 7.98. The molecule has 1 N–H and O–H groups in total. The fourth-order valence-corrected chi connectivity index (χ4v) is 2.61. The Morgan fingerprint density at radius 2 is 1.92 bits per heavy atom. The van der Waals surface area contributed by atoms with Crippen LogP contribution in [0.4, 0.5) is 5.69 Å². The second-order valence-electron chi connectivity index (χ2n) is 5.58. The van der Waals surface area contributed by atoms with Crippen molar-refractivity contribution in [2.45, 2.75) is 13.8 Å². The van der Waals surface area contributed by atoms with Gasteiger partial charge in [-0.2, -0.15) is 4.98 Å². The van der Waals surface area contributed by atoms with Crippen LogP contribution in [0.5, 0.6) is 6.08 Å². The van der Waals surface area contributed by atoms with E-state index in [0.29, 0.717) is 22.1 Å². The third-order valence-corrected chi connectivity index (χ3v) is 3.68. The number of amides is 1. The van der Waals surface area contributed by atoms with E-state index in [-0.39, 0.29) is 18.6 Å². The van der Waals surface area contributed by atoms with Crippen molar-refractivity contribution < 1.29 is 14.1 Å². The third-order valence-electron chi connectivity index (χ3n) is 3.35. The lowest BCUT2D eigenvalue weighted by Gasteiger charge is -2.07. The largest absolute Gasteiger partial charge is 0.439 e. The molecule has 0 bridgehead atoms. The zero-order valence-electron chi connectivity index (χ0n) is 13.7. The molecule has 0 spiro atoms. The van der Waals surface area contributed by atoms with Gasteiger partial charge in [-0.05, 0) is 49.2 Å². The van der Waals surface area contributed by atoms with Crippen molar-refractivity contribution in [1.29, 1.82) is 0 Å².